The van der Waals surface area contributed by atoms with Gasteiger partial charge in [-0.1, -0.05) is 0 Å². The van der Waals surface area contributed by atoms with Crippen LogP contribution in [0.15, 0.2) is 12.1 Å². The van der Waals surface area contributed by atoms with Gasteiger partial charge in [-0.3, -0.25) is 0 Å². The summed E-state index contributed by atoms with van der Waals surface area (Å²) >= 11 is 0. The van der Waals surface area contributed by atoms with Crippen LogP contribution in [0.25, 0.3) is 11.4 Å². The first-order valence-corrected chi connectivity index (χ1v) is 5.86. The Labute approximate surface area is 107 Å². The Morgan fingerprint density at radius 2 is 1.44 bits per heavy atom. The maximum absolute atomic E-state index is 5.31. The highest BCUT2D eigenvalue weighted by molar-refractivity contribution is 5.63. The first kappa shape index (κ1) is 12.5. The molecule has 1 heterocycles. The molecule has 0 saturated heterocycles. The van der Waals surface area contributed by atoms with E-state index < -0.39 is 0 Å². The molecule has 0 atom stereocenters. The molecule has 0 unspecified atom stereocenters. The monoisotopic (exact) mass is 243 g/mol. The summed E-state index contributed by atoms with van der Waals surface area (Å²) in [4.78, 5) is 13.0. The summed E-state index contributed by atoms with van der Waals surface area (Å²) in [6.07, 6.45) is 0. The summed E-state index contributed by atoms with van der Waals surface area (Å²) in [6, 6.07) is 4.07. The zero-order chi connectivity index (χ0) is 13.3. The average molecular weight is 243 g/mol. The van der Waals surface area contributed by atoms with E-state index in [1.54, 1.807) is 7.11 Å². The van der Waals surface area contributed by atoms with Crippen molar-refractivity contribution in [2.24, 2.45) is 0 Å². The lowest BCUT2D eigenvalue weighted by atomic mass is 10.0. The fraction of sp³-hybridized carbons (Fsp3) is 0.357. The highest BCUT2D eigenvalue weighted by Crippen LogP contribution is 2.28. The van der Waals surface area contributed by atoms with E-state index in [9.17, 15) is 0 Å². The number of aromatic nitrogens is 3. The topological polar surface area (TPSA) is 47.9 Å². The normalized spacial score (nSPS) is 10.5. The number of benzene rings is 1. The molecule has 4 heteroatoms. The average Bonchev–Trinajstić information content (AvgIpc) is 2.30. The van der Waals surface area contributed by atoms with Crippen LogP contribution in [0, 0.1) is 27.7 Å². The molecule has 0 bridgehead atoms. The van der Waals surface area contributed by atoms with Gasteiger partial charge in [-0.2, -0.15) is 0 Å². The molecule has 0 spiro atoms. The number of nitrogens with zero attached hydrogens (tertiary/aromatic N) is 3. The Hall–Kier alpha value is -1.97. The predicted octanol–water partition coefficient (Wildman–Crippen LogP) is 2.78. The molecule has 0 aliphatic carbocycles. The lowest BCUT2D eigenvalue weighted by Gasteiger charge is -2.11. The van der Waals surface area contributed by atoms with E-state index in [1.807, 2.05) is 33.8 Å². The molecule has 0 radical (unpaired) electrons. The minimum atomic E-state index is 0.725. The van der Waals surface area contributed by atoms with Crippen LogP contribution in [0.5, 0.6) is 5.75 Å². The summed E-state index contributed by atoms with van der Waals surface area (Å²) in [5.74, 6) is 3.10. The Bertz CT molecular complexity index is 574. The first-order valence-electron chi connectivity index (χ1n) is 5.86. The SMILES string of the molecule is COc1cc(C)c(-c2nc(C)nc(C)n2)cc1C. The highest BCUT2D eigenvalue weighted by Gasteiger charge is 2.10. The van der Waals surface area contributed by atoms with Crippen molar-refractivity contribution in [1.82, 2.24) is 15.0 Å². The first-order chi connectivity index (χ1) is 8.51. The van der Waals surface area contributed by atoms with E-state index in [0.717, 1.165) is 39.9 Å². The minimum Gasteiger partial charge on any atom is -0.496 e. The van der Waals surface area contributed by atoms with Crippen molar-refractivity contribution in [2.45, 2.75) is 27.7 Å². The van der Waals surface area contributed by atoms with E-state index in [4.69, 9.17) is 4.74 Å². The third kappa shape index (κ3) is 2.32. The molecule has 1 aromatic carbocycles. The van der Waals surface area contributed by atoms with E-state index >= 15 is 0 Å². The van der Waals surface area contributed by atoms with Crippen LogP contribution in [0.2, 0.25) is 0 Å². The van der Waals surface area contributed by atoms with E-state index in [1.165, 1.54) is 0 Å². The second-order valence-corrected chi connectivity index (χ2v) is 4.39. The number of ether oxygens (including phenoxy) is 1. The number of methoxy groups -OCH3 is 1. The fourth-order valence-corrected chi connectivity index (χ4v) is 1.99. The summed E-state index contributed by atoms with van der Waals surface area (Å²) < 4.78 is 5.31. The van der Waals surface area contributed by atoms with Gasteiger partial charge < -0.3 is 4.74 Å². The minimum absolute atomic E-state index is 0.725. The van der Waals surface area contributed by atoms with Crippen molar-refractivity contribution in [3.63, 3.8) is 0 Å². The van der Waals surface area contributed by atoms with Gasteiger partial charge in [0.2, 0.25) is 0 Å². The van der Waals surface area contributed by atoms with Crippen LogP contribution in [0.4, 0.5) is 0 Å². The molecule has 0 aliphatic rings. The predicted molar refractivity (Wildman–Crippen MR) is 70.8 cm³/mol. The van der Waals surface area contributed by atoms with Gasteiger partial charge in [-0.15, -0.1) is 0 Å². The van der Waals surface area contributed by atoms with Gasteiger partial charge in [0.05, 0.1) is 7.11 Å². The third-order valence-electron chi connectivity index (χ3n) is 2.84. The molecule has 4 nitrogen and oxygen atoms in total. The Kier molecular flexibility index (Phi) is 3.28. The van der Waals surface area contributed by atoms with Crippen molar-refractivity contribution >= 4 is 0 Å². The van der Waals surface area contributed by atoms with Crippen molar-refractivity contribution in [1.29, 1.82) is 0 Å². The van der Waals surface area contributed by atoms with Gasteiger partial charge in [0, 0.05) is 5.56 Å². The molecule has 0 fully saturated rings. The standard InChI is InChI=1S/C14H17N3O/c1-8-7-13(18-5)9(2)6-12(8)14-16-10(3)15-11(4)17-14/h6-7H,1-5H3. The summed E-state index contributed by atoms with van der Waals surface area (Å²) in [7, 11) is 1.68. The quantitative estimate of drug-likeness (QED) is 0.813. The van der Waals surface area contributed by atoms with Gasteiger partial charge >= 0.3 is 0 Å². The van der Waals surface area contributed by atoms with Gasteiger partial charge in [0.1, 0.15) is 17.4 Å². The van der Waals surface area contributed by atoms with Crippen LogP contribution in [0.1, 0.15) is 22.8 Å². The molecule has 0 aliphatic heterocycles. The smallest absolute Gasteiger partial charge is 0.163 e. The molecule has 2 aromatic rings. The molecule has 94 valence electrons. The largest absolute Gasteiger partial charge is 0.496 e. The number of hydrogen-bond donors (Lipinski definition) is 0. The number of hydrogen-bond acceptors (Lipinski definition) is 4. The third-order valence-corrected chi connectivity index (χ3v) is 2.84. The summed E-state index contributed by atoms with van der Waals surface area (Å²) in [5, 5.41) is 0. The lowest BCUT2D eigenvalue weighted by Crippen LogP contribution is -2.00. The number of aryl methyl sites for hydroxylation is 4. The van der Waals surface area contributed by atoms with Crippen molar-refractivity contribution in [3.8, 4) is 17.1 Å². The van der Waals surface area contributed by atoms with Gasteiger partial charge in [-0.25, -0.2) is 15.0 Å². The van der Waals surface area contributed by atoms with E-state index in [2.05, 4.69) is 21.0 Å². The Balaban J connectivity index is 2.60. The van der Waals surface area contributed by atoms with Crippen molar-refractivity contribution in [3.05, 3.63) is 34.9 Å². The molecule has 1 aromatic heterocycles. The Morgan fingerprint density at radius 3 is 2.00 bits per heavy atom. The van der Waals surface area contributed by atoms with Gasteiger partial charge in [-0.05, 0) is 51.0 Å². The van der Waals surface area contributed by atoms with Crippen molar-refractivity contribution < 1.29 is 4.74 Å². The molecule has 0 amide bonds. The lowest BCUT2D eigenvalue weighted by molar-refractivity contribution is 0.411. The fourth-order valence-electron chi connectivity index (χ4n) is 1.99. The molecular formula is C14H17N3O. The van der Waals surface area contributed by atoms with Crippen LogP contribution in [0.3, 0.4) is 0 Å². The van der Waals surface area contributed by atoms with Crippen LogP contribution in [-0.4, -0.2) is 22.1 Å². The zero-order valence-corrected chi connectivity index (χ0v) is 11.4. The molecular weight excluding hydrogens is 226 g/mol. The second-order valence-electron chi connectivity index (χ2n) is 4.39. The van der Waals surface area contributed by atoms with Crippen molar-refractivity contribution in [2.75, 3.05) is 7.11 Å². The van der Waals surface area contributed by atoms with Crippen LogP contribution < -0.4 is 4.74 Å². The molecule has 18 heavy (non-hydrogen) atoms. The summed E-state index contributed by atoms with van der Waals surface area (Å²) in [5.41, 5.74) is 3.21. The van der Waals surface area contributed by atoms with Crippen LogP contribution in [-0.2, 0) is 0 Å². The second kappa shape index (κ2) is 4.72. The zero-order valence-electron chi connectivity index (χ0n) is 11.4. The van der Waals surface area contributed by atoms with Crippen LogP contribution >= 0.6 is 0 Å². The summed E-state index contributed by atoms with van der Waals surface area (Å²) in [6.45, 7) is 7.81. The molecule has 2 rings (SSSR count). The Morgan fingerprint density at radius 1 is 0.833 bits per heavy atom. The maximum atomic E-state index is 5.31. The van der Waals surface area contributed by atoms with E-state index in [0.29, 0.717) is 0 Å². The highest BCUT2D eigenvalue weighted by atomic mass is 16.5. The maximum Gasteiger partial charge on any atom is 0.163 e. The van der Waals surface area contributed by atoms with E-state index in [-0.39, 0.29) is 0 Å². The molecule has 0 N–H and O–H groups in total. The van der Waals surface area contributed by atoms with Gasteiger partial charge in [0.15, 0.2) is 5.82 Å². The molecule has 0 saturated carbocycles. The number of rotatable bonds is 2. The van der Waals surface area contributed by atoms with Gasteiger partial charge in [0.25, 0.3) is 0 Å².